The molecule has 1 atom stereocenters. The van der Waals surface area contributed by atoms with E-state index >= 15 is 0 Å². The topological polar surface area (TPSA) is 84.5 Å². The van der Waals surface area contributed by atoms with Gasteiger partial charge in [-0.2, -0.15) is 5.10 Å². The van der Waals surface area contributed by atoms with Crippen LogP contribution in [0.2, 0.25) is 0 Å². The molecule has 0 spiro atoms. The monoisotopic (exact) mass is 307 g/mol. The van der Waals surface area contributed by atoms with Crippen molar-refractivity contribution in [3.63, 3.8) is 0 Å². The first kappa shape index (κ1) is 15.0. The molecule has 1 saturated heterocycles. The summed E-state index contributed by atoms with van der Waals surface area (Å²) in [6.45, 7) is 4.28. The Bertz CT molecular complexity index is 569. The first-order valence-corrected chi connectivity index (χ1v) is 7.80. The summed E-state index contributed by atoms with van der Waals surface area (Å²) in [7, 11) is 0. The highest BCUT2D eigenvalue weighted by molar-refractivity contribution is 5.94. The minimum atomic E-state index is -0.233. The first-order chi connectivity index (χ1) is 10.7. The van der Waals surface area contributed by atoms with Gasteiger partial charge < -0.3 is 14.4 Å². The lowest BCUT2D eigenvalue weighted by molar-refractivity contribution is -0.149. The van der Waals surface area contributed by atoms with Crippen LogP contribution in [0.15, 0.2) is 0 Å². The summed E-state index contributed by atoms with van der Waals surface area (Å²) >= 11 is 0. The Morgan fingerprint density at radius 1 is 1.50 bits per heavy atom. The van der Waals surface area contributed by atoms with Gasteiger partial charge >= 0.3 is 5.97 Å². The predicted octanol–water partition coefficient (Wildman–Crippen LogP) is 0.898. The molecule has 1 amide bonds. The van der Waals surface area contributed by atoms with Gasteiger partial charge in [-0.3, -0.25) is 14.7 Å². The summed E-state index contributed by atoms with van der Waals surface area (Å²) in [5.41, 5.74) is 2.27. The van der Waals surface area contributed by atoms with Crippen molar-refractivity contribution in [2.45, 2.75) is 32.8 Å². The highest BCUT2D eigenvalue weighted by Crippen LogP contribution is 2.23. The molecular formula is C15H21N3O4. The van der Waals surface area contributed by atoms with E-state index in [-0.39, 0.29) is 17.8 Å². The van der Waals surface area contributed by atoms with Crippen LogP contribution in [0.3, 0.4) is 0 Å². The van der Waals surface area contributed by atoms with Gasteiger partial charge in [0.2, 0.25) is 0 Å². The summed E-state index contributed by atoms with van der Waals surface area (Å²) in [6, 6.07) is 0. The molecule has 3 heterocycles. The van der Waals surface area contributed by atoms with E-state index in [4.69, 9.17) is 9.47 Å². The number of hydrogen-bond donors (Lipinski definition) is 1. The van der Waals surface area contributed by atoms with Crippen LogP contribution < -0.4 is 0 Å². The summed E-state index contributed by atoms with van der Waals surface area (Å²) in [5.74, 6) is -0.576. The molecular weight excluding hydrogens is 286 g/mol. The van der Waals surface area contributed by atoms with Crippen molar-refractivity contribution in [3.8, 4) is 0 Å². The molecule has 1 fully saturated rings. The second-order valence-corrected chi connectivity index (χ2v) is 5.67. The largest absolute Gasteiger partial charge is 0.466 e. The Kier molecular flexibility index (Phi) is 4.42. The molecule has 0 radical (unpaired) electrons. The van der Waals surface area contributed by atoms with Gasteiger partial charge in [-0.1, -0.05) is 0 Å². The molecule has 0 aliphatic carbocycles. The van der Waals surface area contributed by atoms with Gasteiger partial charge in [-0.05, 0) is 19.8 Å². The average molecular weight is 307 g/mol. The van der Waals surface area contributed by atoms with Gasteiger partial charge in [0.25, 0.3) is 5.91 Å². The number of rotatable bonds is 3. The summed E-state index contributed by atoms with van der Waals surface area (Å²) in [5, 5.41) is 7.10. The Morgan fingerprint density at radius 3 is 3.18 bits per heavy atom. The molecule has 7 nitrogen and oxygen atoms in total. The maximum atomic E-state index is 12.7. The molecule has 2 aliphatic rings. The van der Waals surface area contributed by atoms with E-state index in [2.05, 4.69) is 10.2 Å². The SMILES string of the molecule is CCOC(=O)C1CCCN(C(=O)c2n[nH]c3c2COCC3)C1. The van der Waals surface area contributed by atoms with Gasteiger partial charge in [-0.25, -0.2) is 0 Å². The molecule has 22 heavy (non-hydrogen) atoms. The Balaban J connectivity index is 1.72. The van der Waals surface area contributed by atoms with Crippen molar-refractivity contribution in [1.29, 1.82) is 0 Å². The van der Waals surface area contributed by atoms with Crippen molar-refractivity contribution in [2.24, 2.45) is 5.92 Å². The van der Waals surface area contributed by atoms with E-state index in [0.717, 1.165) is 30.5 Å². The second-order valence-electron chi connectivity index (χ2n) is 5.67. The number of nitrogens with one attached hydrogen (secondary N) is 1. The van der Waals surface area contributed by atoms with Gasteiger partial charge in [0.15, 0.2) is 5.69 Å². The zero-order valence-corrected chi connectivity index (χ0v) is 12.8. The molecule has 3 rings (SSSR count). The Morgan fingerprint density at radius 2 is 2.36 bits per heavy atom. The molecule has 1 unspecified atom stereocenters. The van der Waals surface area contributed by atoms with Crippen LogP contribution in [0.4, 0.5) is 0 Å². The molecule has 0 bridgehead atoms. The number of aromatic nitrogens is 2. The lowest BCUT2D eigenvalue weighted by Gasteiger charge is -2.31. The quantitative estimate of drug-likeness (QED) is 0.839. The smallest absolute Gasteiger partial charge is 0.310 e. The van der Waals surface area contributed by atoms with Crippen molar-refractivity contribution in [2.75, 3.05) is 26.3 Å². The van der Waals surface area contributed by atoms with Crippen LogP contribution in [-0.2, 0) is 27.3 Å². The third-order valence-electron chi connectivity index (χ3n) is 4.23. The van der Waals surface area contributed by atoms with E-state index in [0.29, 0.717) is 38.6 Å². The van der Waals surface area contributed by atoms with Crippen molar-refractivity contribution < 1.29 is 19.1 Å². The van der Waals surface area contributed by atoms with Gasteiger partial charge in [0.1, 0.15) is 0 Å². The molecule has 0 saturated carbocycles. The van der Waals surface area contributed by atoms with Crippen LogP contribution in [-0.4, -0.2) is 53.3 Å². The lowest BCUT2D eigenvalue weighted by atomic mass is 9.97. The summed E-state index contributed by atoms with van der Waals surface area (Å²) in [4.78, 5) is 26.3. The van der Waals surface area contributed by atoms with Gasteiger partial charge in [0.05, 0.1) is 25.7 Å². The van der Waals surface area contributed by atoms with Gasteiger partial charge in [0, 0.05) is 30.8 Å². The number of likely N-dealkylation sites (tertiary alicyclic amines) is 1. The van der Waals surface area contributed by atoms with Crippen LogP contribution in [0.5, 0.6) is 0 Å². The second kappa shape index (κ2) is 6.48. The normalized spacial score (nSPS) is 21.3. The molecule has 2 aliphatic heterocycles. The number of aromatic amines is 1. The Labute approximate surface area is 129 Å². The number of nitrogens with zero attached hydrogens (tertiary/aromatic N) is 2. The first-order valence-electron chi connectivity index (χ1n) is 7.80. The number of piperidine rings is 1. The standard InChI is InChI=1S/C15H21N3O4/c1-2-22-15(20)10-4-3-6-18(8-10)14(19)13-11-9-21-7-5-12(11)16-17-13/h10H,2-9H2,1H3,(H,16,17). The zero-order chi connectivity index (χ0) is 15.5. The number of esters is 1. The zero-order valence-electron chi connectivity index (χ0n) is 12.8. The number of H-pyrrole nitrogens is 1. The summed E-state index contributed by atoms with van der Waals surface area (Å²) < 4.78 is 10.5. The van der Waals surface area contributed by atoms with Crippen molar-refractivity contribution in [1.82, 2.24) is 15.1 Å². The number of ether oxygens (including phenoxy) is 2. The van der Waals surface area contributed by atoms with E-state index in [9.17, 15) is 9.59 Å². The maximum Gasteiger partial charge on any atom is 0.310 e. The number of amides is 1. The number of hydrogen-bond acceptors (Lipinski definition) is 5. The third kappa shape index (κ3) is 2.85. The predicted molar refractivity (Wildman–Crippen MR) is 77.2 cm³/mol. The van der Waals surface area contributed by atoms with E-state index in [1.54, 1.807) is 11.8 Å². The average Bonchev–Trinajstić information content (AvgIpc) is 2.98. The number of carbonyl (C=O) groups is 2. The van der Waals surface area contributed by atoms with Crippen LogP contribution in [0.25, 0.3) is 0 Å². The fraction of sp³-hybridized carbons (Fsp3) is 0.667. The summed E-state index contributed by atoms with van der Waals surface area (Å²) in [6.07, 6.45) is 2.32. The van der Waals surface area contributed by atoms with Gasteiger partial charge in [-0.15, -0.1) is 0 Å². The van der Waals surface area contributed by atoms with Crippen LogP contribution in [0, 0.1) is 5.92 Å². The van der Waals surface area contributed by atoms with Crippen molar-refractivity contribution >= 4 is 11.9 Å². The van der Waals surface area contributed by atoms with Crippen LogP contribution in [0.1, 0.15) is 41.5 Å². The van der Waals surface area contributed by atoms with E-state index in [1.165, 1.54) is 0 Å². The highest BCUT2D eigenvalue weighted by atomic mass is 16.5. The van der Waals surface area contributed by atoms with E-state index < -0.39 is 0 Å². The fourth-order valence-electron chi connectivity index (χ4n) is 3.05. The minimum Gasteiger partial charge on any atom is -0.466 e. The Hall–Kier alpha value is -1.89. The molecule has 120 valence electrons. The minimum absolute atomic E-state index is 0.128. The third-order valence-corrected chi connectivity index (χ3v) is 4.23. The maximum absolute atomic E-state index is 12.7. The molecule has 1 N–H and O–H groups in total. The highest BCUT2D eigenvalue weighted by Gasteiger charge is 2.32. The molecule has 0 aromatic carbocycles. The molecule has 1 aromatic rings. The lowest BCUT2D eigenvalue weighted by Crippen LogP contribution is -2.43. The van der Waals surface area contributed by atoms with Crippen molar-refractivity contribution in [3.05, 3.63) is 17.0 Å². The number of fused-ring (bicyclic) bond motifs is 1. The number of carbonyl (C=O) groups excluding carboxylic acids is 2. The van der Waals surface area contributed by atoms with Crippen LogP contribution >= 0.6 is 0 Å². The molecule has 1 aromatic heterocycles. The fourth-order valence-corrected chi connectivity index (χ4v) is 3.05. The molecule has 7 heteroatoms. The van der Waals surface area contributed by atoms with E-state index in [1.807, 2.05) is 0 Å².